The quantitative estimate of drug-likeness (QED) is 0.284. The van der Waals surface area contributed by atoms with Crippen LogP contribution < -0.4 is 9.46 Å². The fourth-order valence-electron chi connectivity index (χ4n) is 5.54. The Balaban J connectivity index is 1.64. The molecule has 9 nitrogen and oxygen atoms in total. The molecule has 46 heavy (non-hydrogen) atoms. The van der Waals surface area contributed by atoms with E-state index in [1.807, 2.05) is 25.1 Å². The highest BCUT2D eigenvalue weighted by Crippen LogP contribution is 2.30. The van der Waals surface area contributed by atoms with Crippen LogP contribution in [0.2, 0.25) is 5.02 Å². The molecule has 3 aromatic rings. The summed E-state index contributed by atoms with van der Waals surface area (Å²) in [6, 6.07) is 20.3. The van der Waals surface area contributed by atoms with Gasteiger partial charge in [-0.1, -0.05) is 48.9 Å². The van der Waals surface area contributed by atoms with Crippen LogP contribution in [0, 0.1) is 5.92 Å². The lowest BCUT2D eigenvalue weighted by Gasteiger charge is -2.36. The highest BCUT2D eigenvalue weighted by Gasteiger charge is 2.30. The number of sulfonamides is 1. The maximum absolute atomic E-state index is 14.3. The molecular formula is C35H46ClN3O6S. The number of nitrogens with one attached hydrogen (secondary N) is 1. The van der Waals surface area contributed by atoms with Gasteiger partial charge >= 0.3 is 0 Å². The Kier molecular flexibility index (Phi) is 12.9. The number of hydrogen-bond acceptors (Lipinski definition) is 7. The number of nitrogens with zero attached hydrogens (tertiary/aromatic N) is 2. The largest absolute Gasteiger partial charge is 0.490 e. The van der Waals surface area contributed by atoms with Crippen LogP contribution in [0.4, 0.5) is 5.69 Å². The first-order valence-corrected chi connectivity index (χ1v) is 17.7. The predicted molar refractivity (Wildman–Crippen MR) is 182 cm³/mol. The molecule has 2 N–H and O–H groups in total. The monoisotopic (exact) mass is 671 g/mol. The summed E-state index contributed by atoms with van der Waals surface area (Å²) in [5.41, 5.74) is 1.64. The third-order valence-electron chi connectivity index (χ3n) is 8.21. The molecule has 0 fully saturated rings. The van der Waals surface area contributed by atoms with E-state index in [2.05, 4.69) is 35.7 Å². The number of aliphatic hydroxyl groups is 1. The molecule has 11 heteroatoms. The SMILES string of the molecule is C[C@H]1CCCCO[C@@H](CN(C)Cc2ccccc2)[C@@H](C)CN([C@@H](C)CO)C(=O)c2cc(NS(=O)(=O)c3ccc(Cl)cc3)ccc2O1. The zero-order chi connectivity index (χ0) is 33.3. The van der Waals surface area contributed by atoms with E-state index in [1.54, 1.807) is 24.0 Å². The summed E-state index contributed by atoms with van der Waals surface area (Å²) in [5.74, 6) is -0.0761. The summed E-state index contributed by atoms with van der Waals surface area (Å²) in [6.07, 6.45) is 2.16. The molecule has 0 saturated heterocycles. The highest BCUT2D eigenvalue weighted by molar-refractivity contribution is 7.92. The van der Waals surface area contributed by atoms with Crippen molar-refractivity contribution < 1.29 is 27.8 Å². The van der Waals surface area contributed by atoms with E-state index in [0.29, 0.717) is 30.5 Å². The molecule has 0 spiro atoms. The molecule has 4 atom stereocenters. The van der Waals surface area contributed by atoms with Crippen LogP contribution in [-0.2, 0) is 21.3 Å². The summed E-state index contributed by atoms with van der Waals surface area (Å²) in [6.45, 7) is 7.91. The molecule has 1 heterocycles. The Morgan fingerprint density at radius 1 is 1.07 bits per heavy atom. The van der Waals surface area contributed by atoms with E-state index in [9.17, 15) is 18.3 Å². The number of fused-ring (bicyclic) bond motifs is 1. The molecule has 0 bridgehead atoms. The van der Waals surface area contributed by atoms with Crippen molar-refractivity contribution in [1.29, 1.82) is 0 Å². The highest BCUT2D eigenvalue weighted by atomic mass is 35.5. The standard InChI is InChI=1S/C35H46ClN3O6S/c1-25-21-39(26(2)24-40)35(41)32-20-30(37-46(42,43)31-16-13-29(36)14-17-31)15-18-33(32)45-27(3)10-8-9-19-44-34(25)23-38(4)22-28-11-6-5-7-12-28/h5-7,11-18,20,25-27,34,37,40H,8-10,19,21-24H2,1-4H3/t25-,26-,27-,34-/m0/s1. The Morgan fingerprint density at radius 3 is 2.48 bits per heavy atom. The number of likely N-dealkylation sites (N-methyl/N-ethyl adjacent to an activating group) is 1. The first kappa shape index (κ1) is 35.7. The van der Waals surface area contributed by atoms with Gasteiger partial charge in [0.05, 0.1) is 35.3 Å². The van der Waals surface area contributed by atoms with Crippen molar-refractivity contribution in [2.45, 2.75) is 69.7 Å². The molecule has 0 aromatic heterocycles. The molecule has 0 radical (unpaired) electrons. The van der Waals surface area contributed by atoms with Gasteiger partial charge in [-0.05, 0) is 88.2 Å². The Hall–Kier alpha value is -3.15. The molecule has 250 valence electrons. The summed E-state index contributed by atoms with van der Waals surface area (Å²) < 4.78 is 41.6. The Labute approximate surface area is 278 Å². The van der Waals surface area contributed by atoms with Crippen molar-refractivity contribution in [1.82, 2.24) is 9.80 Å². The minimum absolute atomic E-state index is 0.0424. The average Bonchev–Trinajstić information content (AvgIpc) is 3.03. The lowest BCUT2D eigenvalue weighted by atomic mass is 10.0. The number of hydrogen-bond donors (Lipinski definition) is 2. The van der Waals surface area contributed by atoms with Gasteiger partial charge in [-0.15, -0.1) is 0 Å². The number of carbonyl (C=O) groups excluding carboxylic acids is 1. The lowest BCUT2D eigenvalue weighted by Crippen LogP contribution is -2.47. The second kappa shape index (κ2) is 16.6. The number of aliphatic hydroxyl groups excluding tert-OH is 1. The minimum Gasteiger partial charge on any atom is -0.490 e. The Morgan fingerprint density at radius 2 is 1.78 bits per heavy atom. The molecule has 1 aliphatic rings. The number of ether oxygens (including phenoxy) is 2. The summed E-state index contributed by atoms with van der Waals surface area (Å²) >= 11 is 5.95. The second-order valence-corrected chi connectivity index (χ2v) is 14.4. The van der Waals surface area contributed by atoms with Crippen LogP contribution in [0.5, 0.6) is 5.75 Å². The van der Waals surface area contributed by atoms with Crippen molar-refractivity contribution in [2.75, 3.05) is 38.1 Å². The number of halogens is 1. The fourth-order valence-corrected chi connectivity index (χ4v) is 6.72. The van der Waals surface area contributed by atoms with Crippen molar-refractivity contribution in [3.8, 4) is 5.75 Å². The van der Waals surface area contributed by atoms with Crippen LogP contribution in [0.25, 0.3) is 0 Å². The van der Waals surface area contributed by atoms with Gasteiger partial charge in [-0.3, -0.25) is 14.4 Å². The van der Waals surface area contributed by atoms with Gasteiger partial charge in [0, 0.05) is 42.9 Å². The number of amides is 1. The van der Waals surface area contributed by atoms with E-state index in [1.165, 1.54) is 35.9 Å². The molecule has 0 aliphatic carbocycles. The molecular weight excluding hydrogens is 626 g/mol. The second-order valence-electron chi connectivity index (χ2n) is 12.3. The number of rotatable bonds is 9. The molecule has 0 unspecified atom stereocenters. The zero-order valence-corrected chi connectivity index (χ0v) is 28.6. The van der Waals surface area contributed by atoms with Gasteiger partial charge < -0.3 is 19.5 Å². The van der Waals surface area contributed by atoms with E-state index in [0.717, 1.165) is 25.8 Å². The van der Waals surface area contributed by atoms with Crippen LogP contribution in [0.1, 0.15) is 56.0 Å². The summed E-state index contributed by atoms with van der Waals surface area (Å²) in [7, 11) is -1.89. The van der Waals surface area contributed by atoms with Crippen LogP contribution >= 0.6 is 11.6 Å². The first-order valence-electron chi connectivity index (χ1n) is 15.8. The Bertz CT molecular complexity index is 1520. The molecule has 3 aromatic carbocycles. The van der Waals surface area contributed by atoms with Gasteiger partial charge in [0.1, 0.15) is 5.75 Å². The van der Waals surface area contributed by atoms with Crippen LogP contribution in [-0.4, -0.2) is 80.8 Å². The van der Waals surface area contributed by atoms with Gasteiger partial charge in [-0.2, -0.15) is 0 Å². The zero-order valence-electron chi connectivity index (χ0n) is 27.1. The lowest BCUT2D eigenvalue weighted by molar-refractivity contribution is -0.0177. The van der Waals surface area contributed by atoms with Gasteiger partial charge in [0.15, 0.2) is 0 Å². The maximum Gasteiger partial charge on any atom is 0.261 e. The van der Waals surface area contributed by atoms with Crippen molar-refractivity contribution >= 4 is 33.2 Å². The van der Waals surface area contributed by atoms with E-state index in [-0.39, 0.29) is 46.8 Å². The minimum atomic E-state index is -3.95. The van der Waals surface area contributed by atoms with Crippen LogP contribution in [0.15, 0.2) is 77.7 Å². The topological polar surface area (TPSA) is 108 Å². The van der Waals surface area contributed by atoms with Gasteiger partial charge in [0.2, 0.25) is 0 Å². The number of carbonyl (C=O) groups is 1. The maximum atomic E-state index is 14.3. The van der Waals surface area contributed by atoms with Crippen molar-refractivity contribution in [3.63, 3.8) is 0 Å². The normalized spacial score (nSPS) is 20.8. The molecule has 4 rings (SSSR count). The summed E-state index contributed by atoms with van der Waals surface area (Å²) in [5, 5.41) is 10.6. The third-order valence-corrected chi connectivity index (χ3v) is 9.86. The molecule has 0 saturated carbocycles. The van der Waals surface area contributed by atoms with Gasteiger partial charge in [-0.25, -0.2) is 8.42 Å². The van der Waals surface area contributed by atoms with E-state index >= 15 is 0 Å². The average molecular weight is 672 g/mol. The summed E-state index contributed by atoms with van der Waals surface area (Å²) in [4.78, 5) is 18.2. The smallest absolute Gasteiger partial charge is 0.261 e. The first-order chi connectivity index (χ1) is 22.0. The molecule has 1 aliphatic heterocycles. The van der Waals surface area contributed by atoms with Crippen molar-refractivity contribution in [3.05, 3.63) is 88.9 Å². The predicted octanol–water partition coefficient (Wildman–Crippen LogP) is 6.07. The van der Waals surface area contributed by atoms with Gasteiger partial charge in [0.25, 0.3) is 15.9 Å². The van der Waals surface area contributed by atoms with Crippen LogP contribution in [0.3, 0.4) is 0 Å². The number of anilines is 1. The van der Waals surface area contributed by atoms with E-state index in [4.69, 9.17) is 21.1 Å². The van der Waals surface area contributed by atoms with Crippen molar-refractivity contribution in [2.24, 2.45) is 5.92 Å². The third kappa shape index (κ3) is 9.92. The number of benzene rings is 3. The molecule has 1 amide bonds. The van der Waals surface area contributed by atoms with E-state index < -0.39 is 16.1 Å². The fraction of sp³-hybridized carbons (Fsp3) is 0.457.